The second kappa shape index (κ2) is 21.4. The molecular weight excluding hydrogens is 556 g/mol. The average Bonchev–Trinajstić information content (AvgIpc) is 3.06. The Bertz CT molecular complexity index is 1140. The van der Waals surface area contributed by atoms with E-state index in [1.807, 2.05) is 39.0 Å². The normalized spacial score (nSPS) is 17.7. The number of hydrogen-bond donors (Lipinski definition) is 1. The molecule has 0 fully saturated rings. The molecule has 0 saturated heterocycles. The molecule has 4 rings (SSSR count). The third kappa shape index (κ3) is 11.7. The molecule has 246 valence electrons. The van der Waals surface area contributed by atoms with Crippen molar-refractivity contribution in [2.75, 3.05) is 34.7 Å². The zero-order chi connectivity index (χ0) is 33.0. The van der Waals surface area contributed by atoms with Crippen molar-refractivity contribution in [1.29, 1.82) is 0 Å². The molecule has 7 heteroatoms. The highest BCUT2D eigenvalue weighted by atomic mass is 16.6. The lowest BCUT2D eigenvalue weighted by molar-refractivity contribution is -0.130. The smallest absolute Gasteiger partial charge is 0.293 e. The third-order valence-corrected chi connectivity index (χ3v) is 8.00. The summed E-state index contributed by atoms with van der Waals surface area (Å²) in [4.78, 5) is 10.4. The highest BCUT2D eigenvalue weighted by Crippen LogP contribution is 2.43. The Morgan fingerprint density at radius 3 is 2.32 bits per heavy atom. The van der Waals surface area contributed by atoms with Crippen LogP contribution in [0, 0.1) is 12.8 Å². The molecule has 0 heterocycles. The number of methoxy groups -OCH3 is 3. The fourth-order valence-corrected chi connectivity index (χ4v) is 5.40. The van der Waals surface area contributed by atoms with Crippen molar-refractivity contribution in [1.82, 2.24) is 0 Å². The summed E-state index contributed by atoms with van der Waals surface area (Å²) in [6, 6.07) is 14.8. The van der Waals surface area contributed by atoms with Gasteiger partial charge in [0.15, 0.2) is 18.3 Å². The van der Waals surface area contributed by atoms with Gasteiger partial charge < -0.3 is 28.8 Å². The number of aliphatic hydroxyl groups is 1. The number of carbonyl (C=O) groups excluding carboxylic acids is 1. The van der Waals surface area contributed by atoms with Crippen LogP contribution in [-0.4, -0.2) is 52.4 Å². The largest absolute Gasteiger partial charge is 0.494 e. The number of benzene rings is 2. The molecule has 1 N–H and O–H groups in total. The maximum atomic E-state index is 10.4. The molecule has 0 aliphatic heterocycles. The van der Waals surface area contributed by atoms with Crippen LogP contribution in [-0.2, 0) is 42.0 Å². The van der Waals surface area contributed by atoms with E-state index < -0.39 is 0 Å². The van der Waals surface area contributed by atoms with Crippen LogP contribution in [0.1, 0.15) is 82.6 Å². The van der Waals surface area contributed by atoms with E-state index in [1.54, 1.807) is 21.3 Å². The van der Waals surface area contributed by atoms with Gasteiger partial charge in [0.2, 0.25) is 0 Å². The highest BCUT2D eigenvalue weighted by Gasteiger charge is 2.37. The zero-order valence-corrected chi connectivity index (χ0v) is 28.5. The number of fused-ring (bicyclic) bond motifs is 1. The van der Waals surface area contributed by atoms with Gasteiger partial charge in [-0.3, -0.25) is 4.79 Å². The van der Waals surface area contributed by atoms with Crippen molar-refractivity contribution in [2.45, 2.75) is 91.6 Å². The van der Waals surface area contributed by atoms with Gasteiger partial charge in [-0.15, -0.1) is 0 Å². The second-order valence-corrected chi connectivity index (χ2v) is 11.0. The number of allylic oxidation sites excluding steroid dienone is 1. The fraction of sp³-hybridized carbons (Fsp3) is 0.541. The van der Waals surface area contributed by atoms with Crippen LogP contribution in [0.3, 0.4) is 0 Å². The molecule has 0 saturated carbocycles. The van der Waals surface area contributed by atoms with E-state index in [9.17, 15) is 4.79 Å². The van der Waals surface area contributed by atoms with Gasteiger partial charge in [0.05, 0.1) is 20.8 Å². The van der Waals surface area contributed by atoms with E-state index in [2.05, 4.69) is 57.2 Å². The number of aliphatic hydroxyl groups excluding tert-OH is 1. The molecule has 2 aromatic carbocycles. The zero-order valence-electron chi connectivity index (χ0n) is 28.5. The van der Waals surface area contributed by atoms with Crippen molar-refractivity contribution in [3.05, 3.63) is 88.4 Å². The standard InChI is InChI=1S/C16H22O4.C10H14.C9H14O3.C2H6/c1-11-6-14-12(7-15(11)20-10-18)4-5-13(8-19-9-17)16(14,2)3;1-2-3-7-10-8-5-4-6-9-10;1-10-7-5-4-6-8(11-2)9(7)12-3;1-2/h6-7,9,13,18H,4-5,8,10H2,1-3H3;4-6,8-9H,2-3,7H2,1H3;4-5,8H,6H2,1-3H3;1-2H3. The van der Waals surface area contributed by atoms with Crippen molar-refractivity contribution in [2.24, 2.45) is 5.92 Å². The maximum absolute atomic E-state index is 10.4. The first-order valence-electron chi connectivity index (χ1n) is 15.7. The van der Waals surface area contributed by atoms with Crippen LogP contribution >= 0.6 is 0 Å². The topological polar surface area (TPSA) is 83.5 Å². The number of ether oxygens (including phenoxy) is 5. The van der Waals surface area contributed by atoms with Gasteiger partial charge in [-0.2, -0.15) is 0 Å². The first kappa shape index (κ1) is 38.7. The number of carbonyl (C=O) groups is 1. The summed E-state index contributed by atoms with van der Waals surface area (Å²) < 4.78 is 25.7. The second-order valence-electron chi connectivity index (χ2n) is 11.0. The summed E-state index contributed by atoms with van der Waals surface area (Å²) in [5.41, 5.74) is 4.98. The molecule has 0 amide bonds. The van der Waals surface area contributed by atoms with Gasteiger partial charge in [-0.1, -0.05) is 83.5 Å². The summed E-state index contributed by atoms with van der Waals surface area (Å²) in [6.45, 7) is 13.3. The molecule has 0 spiro atoms. The predicted molar refractivity (Wildman–Crippen MR) is 178 cm³/mol. The Morgan fingerprint density at radius 1 is 1.05 bits per heavy atom. The van der Waals surface area contributed by atoms with Crippen LogP contribution in [0.5, 0.6) is 5.75 Å². The van der Waals surface area contributed by atoms with Gasteiger partial charge in [0, 0.05) is 13.0 Å². The summed E-state index contributed by atoms with van der Waals surface area (Å²) >= 11 is 0. The maximum Gasteiger partial charge on any atom is 0.293 e. The number of unbranched alkanes of at least 4 members (excludes halogenated alkanes) is 1. The van der Waals surface area contributed by atoms with Crippen molar-refractivity contribution in [3.63, 3.8) is 0 Å². The van der Waals surface area contributed by atoms with Crippen molar-refractivity contribution in [3.8, 4) is 5.75 Å². The van der Waals surface area contributed by atoms with Gasteiger partial charge in [-0.25, -0.2) is 0 Å². The molecule has 0 aromatic heterocycles. The van der Waals surface area contributed by atoms with E-state index in [0.29, 0.717) is 19.0 Å². The lowest BCUT2D eigenvalue weighted by Gasteiger charge is -2.40. The summed E-state index contributed by atoms with van der Waals surface area (Å²) in [5, 5.41) is 8.92. The molecule has 0 bridgehead atoms. The Kier molecular flexibility index (Phi) is 18.9. The highest BCUT2D eigenvalue weighted by molar-refractivity contribution is 5.47. The summed E-state index contributed by atoms with van der Waals surface area (Å²) in [6.07, 6.45) is 10.5. The first-order chi connectivity index (χ1) is 21.3. The Morgan fingerprint density at radius 2 is 1.75 bits per heavy atom. The molecular formula is C37H56O7. The van der Waals surface area contributed by atoms with Crippen LogP contribution in [0.25, 0.3) is 0 Å². The van der Waals surface area contributed by atoms with E-state index >= 15 is 0 Å². The molecule has 2 unspecified atom stereocenters. The molecule has 7 nitrogen and oxygen atoms in total. The van der Waals surface area contributed by atoms with Crippen molar-refractivity contribution >= 4 is 6.47 Å². The quantitative estimate of drug-likeness (QED) is 0.204. The van der Waals surface area contributed by atoms with Gasteiger partial charge in [-0.05, 0) is 78.8 Å². The number of hydrogen-bond acceptors (Lipinski definition) is 7. The first-order valence-corrected chi connectivity index (χ1v) is 15.7. The van der Waals surface area contributed by atoms with Gasteiger partial charge in [0.1, 0.15) is 11.9 Å². The van der Waals surface area contributed by atoms with E-state index in [1.165, 1.54) is 36.0 Å². The minimum Gasteiger partial charge on any atom is -0.494 e. The number of aryl methyl sites for hydroxylation is 3. The average molecular weight is 613 g/mol. The molecule has 2 aliphatic carbocycles. The van der Waals surface area contributed by atoms with Gasteiger partial charge >= 0.3 is 0 Å². The molecule has 2 aromatic rings. The third-order valence-electron chi connectivity index (χ3n) is 8.00. The van der Waals surface area contributed by atoms with Crippen LogP contribution in [0.15, 0.2) is 66.1 Å². The summed E-state index contributed by atoms with van der Waals surface area (Å²) in [5.74, 6) is 2.58. The SMILES string of the molecule is CC.CCCCc1ccccc1.COC1=C(OC)C(OC)CC=C1.Cc1cc2c(cc1OCO)CCC(COC=O)C2(C)C. The lowest BCUT2D eigenvalue weighted by Crippen LogP contribution is -2.37. The molecule has 44 heavy (non-hydrogen) atoms. The van der Waals surface area contributed by atoms with Crippen LogP contribution < -0.4 is 4.74 Å². The van der Waals surface area contributed by atoms with E-state index in [0.717, 1.165) is 42.1 Å². The van der Waals surface area contributed by atoms with E-state index in [4.69, 9.17) is 28.8 Å². The molecule has 0 radical (unpaired) electrons. The number of rotatable bonds is 11. The van der Waals surface area contributed by atoms with Gasteiger partial charge in [0.25, 0.3) is 6.47 Å². The Balaban J connectivity index is 0.000000345. The minimum absolute atomic E-state index is 0.00468. The molecule has 2 aliphatic rings. The van der Waals surface area contributed by atoms with E-state index in [-0.39, 0.29) is 18.3 Å². The lowest BCUT2D eigenvalue weighted by atomic mass is 9.65. The summed E-state index contributed by atoms with van der Waals surface area (Å²) in [7, 11) is 4.91. The molecule has 2 atom stereocenters. The monoisotopic (exact) mass is 612 g/mol. The van der Waals surface area contributed by atoms with Crippen LogP contribution in [0.4, 0.5) is 0 Å². The fourth-order valence-electron chi connectivity index (χ4n) is 5.40. The minimum atomic E-state index is -0.307. The Hall–Kier alpha value is -3.29. The Labute approximate surface area is 266 Å². The van der Waals surface area contributed by atoms with Crippen molar-refractivity contribution < 1.29 is 33.6 Å². The van der Waals surface area contributed by atoms with Crippen LogP contribution in [0.2, 0.25) is 0 Å². The predicted octanol–water partition coefficient (Wildman–Crippen LogP) is 7.86.